The van der Waals surface area contributed by atoms with Crippen molar-refractivity contribution in [1.82, 2.24) is 5.32 Å². The van der Waals surface area contributed by atoms with Gasteiger partial charge in [0.2, 0.25) is 0 Å². The Labute approximate surface area is 122 Å². The van der Waals surface area contributed by atoms with Crippen molar-refractivity contribution in [3.8, 4) is 0 Å². The second kappa shape index (κ2) is 6.58. The van der Waals surface area contributed by atoms with Gasteiger partial charge in [-0.15, -0.1) is 0 Å². The zero-order chi connectivity index (χ0) is 14.5. The molecule has 2 nitrogen and oxygen atoms in total. The summed E-state index contributed by atoms with van der Waals surface area (Å²) in [6.45, 7) is 4.37. The van der Waals surface area contributed by atoms with Crippen LogP contribution in [-0.4, -0.2) is 14.1 Å². The molecule has 0 aliphatic carbocycles. The van der Waals surface area contributed by atoms with Crippen molar-refractivity contribution < 1.29 is 0 Å². The molecule has 2 aromatic carbocycles. The summed E-state index contributed by atoms with van der Waals surface area (Å²) in [5.41, 5.74) is 5.17. The molecule has 0 spiro atoms. The Morgan fingerprint density at radius 2 is 1.60 bits per heavy atom. The monoisotopic (exact) mass is 268 g/mol. The first kappa shape index (κ1) is 14.6. The van der Waals surface area contributed by atoms with Gasteiger partial charge in [0.25, 0.3) is 0 Å². The van der Waals surface area contributed by atoms with E-state index in [0.29, 0.717) is 6.04 Å². The van der Waals surface area contributed by atoms with Gasteiger partial charge in [-0.2, -0.15) is 0 Å². The quantitative estimate of drug-likeness (QED) is 0.862. The number of hydrogen-bond donors (Lipinski definition) is 1. The number of nitrogens with zero attached hydrogens (tertiary/aromatic N) is 1. The standard InChI is InChI=1S/C18H24N2/c1-5-16(19-3)15-11-7-9-13-18(15)20(4)17-12-8-6-10-14(17)2/h6-13,16,19H,5H2,1-4H3. The second-order valence-corrected chi connectivity index (χ2v) is 5.15. The fraction of sp³-hybridized carbons (Fsp3) is 0.333. The minimum absolute atomic E-state index is 0.387. The number of rotatable bonds is 5. The van der Waals surface area contributed by atoms with E-state index in [1.54, 1.807) is 0 Å². The molecule has 2 aromatic rings. The van der Waals surface area contributed by atoms with E-state index in [2.05, 4.69) is 79.6 Å². The molecule has 0 bridgehead atoms. The average Bonchev–Trinajstić information content (AvgIpc) is 2.49. The van der Waals surface area contributed by atoms with Crippen LogP contribution in [0, 0.1) is 6.92 Å². The molecule has 0 aliphatic rings. The predicted octanol–water partition coefficient (Wildman–Crippen LogP) is 4.43. The van der Waals surface area contributed by atoms with Crippen molar-refractivity contribution in [3.63, 3.8) is 0 Å². The lowest BCUT2D eigenvalue weighted by molar-refractivity contribution is 0.577. The minimum Gasteiger partial charge on any atom is -0.344 e. The van der Waals surface area contributed by atoms with E-state index in [1.807, 2.05) is 7.05 Å². The second-order valence-electron chi connectivity index (χ2n) is 5.15. The first-order valence-corrected chi connectivity index (χ1v) is 7.24. The van der Waals surface area contributed by atoms with E-state index in [9.17, 15) is 0 Å². The lowest BCUT2D eigenvalue weighted by Crippen LogP contribution is -2.20. The number of anilines is 2. The van der Waals surface area contributed by atoms with Gasteiger partial charge < -0.3 is 10.2 Å². The lowest BCUT2D eigenvalue weighted by Gasteiger charge is -2.27. The number of benzene rings is 2. The van der Waals surface area contributed by atoms with Crippen LogP contribution in [0.4, 0.5) is 11.4 Å². The Kier molecular flexibility index (Phi) is 4.80. The summed E-state index contributed by atoms with van der Waals surface area (Å²) < 4.78 is 0. The van der Waals surface area contributed by atoms with Crippen molar-refractivity contribution in [2.75, 3.05) is 19.0 Å². The summed E-state index contributed by atoms with van der Waals surface area (Å²) in [4.78, 5) is 2.28. The minimum atomic E-state index is 0.387. The van der Waals surface area contributed by atoms with Crippen LogP contribution in [0.15, 0.2) is 48.5 Å². The Bertz CT molecular complexity index is 559. The molecular formula is C18H24N2. The third kappa shape index (κ3) is 2.86. The zero-order valence-electron chi connectivity index (χ0n) is 12.9. The van der Waals surface area contributed by atoms with Crippen LogP contribution >= 0.6 is 0 Å². The molecule has 2 heteroatoms. The highest BCUT2D eigenvalue weighted by Crippen LogP contribution is 2.33. The summed E-state index contributed by atoms with van der Waals surface area (Å²) in [5.74, 6) is 0. The van der Waals surface area contributed by atoms with Crippen molar-refractivity contribution in [2.45, 2.75) is 26.3 Å². The Balaban J connectivity index is 2.45. The van der Waals surface area contributed by atoms with Crippen LogP contribution in [0.5, 0.6) is 0 Å². The van der Waals surface area contributed by atoms with Crippen molar-refractivity contribution in [2.24, 2.45) is 0 Å². The maximum Gasteiger partial charge on any atom is 0.0456 e. The van der Waals surface area contributed by atoms with Gasteiger partial charge in [0.05, 0.1) is 0 Å². The maximum absolute atomic E-state index is 3.40. The fourth-order valence-corrected chi connectivity index (χ4v) is 2.74. The molecule has 0 fully saturated rings. The molecule has 0 aliphatic heterocycles. The Hall–Kier alpha value is -1.80. The molecule has 0 heterocycles. The van der Waals surface area contributed by atoms with E-state index in [1.165, 1.54) is 22.5 Å². The molecule has 2 rings (SSSR count). The molecule has 0 radical (unpaired) electrons. The van der Waals surface area contributed by atoms with Gasteiger partial charge in [0.1, 0.15) is 0 Å². The number of aryl methyl sites for hydroxylation is 1. The van der Waals surface area contributed by atoms with E-state index in [-0.39, 0.29) is 0 Å². The third-order valence-corrected chi connectivity index (χ3v) is 3.91. The first-order valence-electron chi connectivity index (χ1n) is 7.24. The Morgan fingerprint density at radius 1 is 1.00 bits per heavy atom. The smallest absolute Gasteiger partial charge is 0.0456 e. The highest BCUT2D eigenvalue weighted by molar-refractivity contribution is 5.68. The van der Waals surface area contributed by atoms with E-state index < -0.39 is 0 Å². The van der Waals surface area contributed by atoms with Crippen LogP contribution in [-0.2, 0) is 0 Å². The van der Waals surface area contributed by atoms with Crippen LogP contribution in [0.2, 0.25) is 0 Å². The molecule has 1 unspecified atom stereocenters. The summed E-state index contributed by atoms with van der Waals surface area (Å²) in [6.07, 6.45) is 1.08. The fourth-order valence-electron chi connectivity index (χ4n) is 2.74. The third-order valence-electron chi connectivity index (χ3n) is 3.91. The highest BCUT2D eigenvalue weighted by atomic mass is 15.1. The molecule has 20 heavy (non-hydrogen) atoms. The number of nitrogens with one attached hydrogen (secondary N) is 1. The van der Waals surface area contributed by atoms with Gasteiger partial charge in [-0.3, -0.25) is 0 Å². The van der Waals surface area contributed by atoms with E-state index in [0.717, 1.165) is 6.42 Å². The molecule has 106 valence electrons. The van der Waals surface area contributed by atoms with Gasteiger partial charge in [-0.05, 0) is 43.7 Å². The van der Waals surface area contributed by atoms with Gasteiger partial charge in [-0.1, -0.05) is 43.3 Å². The Morgan fingerprint density at radius 3 is 2.20 bits per heavy atom. The average molecular weight is 268 g/mol. The SMILES string of the molecule is CCC(NC)c1ccccc1N(C)c1ccccc1C. The van der Waals surface area contributed by atoms with Gasteiger partial charge in [-0.25, -0.2) is 0 Å². The summed E-state index contributed by atoms with van der Waals surface area (Å²) in [7, 11) is 4.17. The van der Waals surface area contributed by atoms with Gasteiger partial charge >= 0.3 is 0 Å². The van der Waals surface area contributed by atoms with Crippen LogP contribution in [0.1, 0.15) is 30.5 Å². The van der Waals surface area contributed by atoms with E-state index >= 15 is 0 Å². The van der Waals surface area contributed by atoms with Gasteiger partial charge in [0.15, 0.2) is 0 Å². The molecule has 0 saturated carbocycles. The summed E-state index contributed by atoms with van der Waals surface area (Å²) >= 11 is 0. The number of para-hydroxylation sites is 2. The topological polar surface area (TPSA) is 15.3 Å². The molecule has 1 atom stereocenters. The largest absolute Gasteiger partial charge is 0.344 e. The summed E-state index contributed by atoms with van der Waals surface area (Å²) in [6, 6.07) is 17.5. The van der Waals surface area contributed by atoms with Crippen LogP contribution < -0.4 is 10.2 Å². The molecule has 0 amide bonds. The van der Waals surface area contributed by atoms with Crippen LogP contribution in [0.3, 0.4) is 0 Å². The first-order chi connectivity index (χ1) is 9.69. The molecule has 1 N–H and O–H groups in total. The normalized spacial score (nSPS) is 12.2. The molecular weight excluding hydrogens is 244 g/mol. The van der Waals surface area contributed by atoms with Crippen molar-refractivity contribution in [3.05, 3.63) is 59.7 Å². The van der Waals surface area contributed by atoms with E-state index in [4.69, 9.17) is 0 Å². The summed E-state index contributed by atoms with van der Waals surface area (Å²) in [5, 5.41) is 3.40. The van der Waals surface area contributed by atoms with Crippen molar-refractivity contribution in [1.29, 1.82) is 0 Å². The highest BCUT2D eigenvalue weighted by Gasteiger charge is 2.15. The van der Waals surface area contributed by atoms with Crippen molar-refractivity contribution >= 4 is 11.4 Å². The molecule has 0 aromatic heterocycles. The predicted molar refractivity (Wildman–Crippen MR) is 87.8 cm³/mol. The lowest BCUT2D eigenvalue weighted by atomic mass is 10.0. The molecule has 0 saturated heterocycles. The maximum atomic E-state index is 3.40. The zero-order valence-corrected chi connectivity index (χ0v) is 12.9. The van der Waals surface area contributed by atoms with Gasteiger partial charge in [0, 0.05) is 24.5 Å². The van der Waals surface area contributed by atoms with Crippen LogP contribution in [0.25, 0.3) is 0 Å². The number of hydrogen-bond acceptors (Lipinski definition) is 2.